The summed E-state index contributed by atoms with van der Waals surface area (Å²) >= 11 is 3.53. The maximum atomic E-state index is 13.5. The molecule has 1 aromatic heterocycles. The van der Waals surface area contributed by atoms with Crippen molar-refractivity contribution in [1.29, 1.82) is 0 Å². The van der Waals surface area contributed by atoms with Crippen LogP contribution in [0.3, 0.4) is 0 Å². The van der Waals surface area contributed by atoms with Crippen LogP contribution in [0.5, 0.6) is 5.75 Å². The number of fused-ring (bicyclic) bond motifs is 1. The number of methoxy groups -OCH3 is 1. The number of carbonyl (C=O) groups excluding carboxylic acids is 1. The molecular weight excluding hydrogens is 446 g/mol. The fourth-order valence-electron chi connectivity index (χ4n) is 3.86. The second-order valence-electron chi connectivity index (χ2n) is 7.37. The minimum Gasteiger partial charge on any atom is -0.496 e. The van der Waals surface area contributed by atoms with E-state index in [2.05, 4.69) is 36.3 Å². The Hall–Kier alpha value is -3.00. The molecule has 0 fully saturated rings. The van der Waals surface area contributed by atoms with Gasteiger partial charge in [0, 0.05) is 21.4 Å². The van der Waals surface area contributed by atoms with Crippen molar-refractivity contribution in [1.82, 2.24) is 14.8 Å². The third-order valence-corrected chi connectivity index (χ3v) is 5.79. The first kappa shape index (κ1) is 20.3. The van der Waals surface area contributed by atoms with E-state index in [1.165, 1.54) is 6.33 Å². The number of anilines is 1. The van der Waals surface area contributed by atoms with Crippen molar-refractivity contribution in [2.24, 2.45) is 10.9 Å². The van der Waals surface area contributed by atoms with Gasteiger partial charge in [0.25, 0.3) is 0 Å². The van der Waals surface area contributed by atoms with Gasteiger partial charge in [-0.15, -0.1) is 0 Å². The molecule has 4 rings (SSSR count). The summed E-state index contributed by atoms with van der Waals surface area (Å²) < 4.78 is 8.17. The highest BCUT2D eigenvalue weighted by Gasteiger charge is 2.40. The molecule has 7 nitrogen and oxygen atoms in total. The van der Waals surface area contributed by atoms with Gasteiger partial charge in [0.2, 0.25) is 11.9 Å². The molecule has 1 N–H and O–H groups in total. The molecule has 1 amide bonds. The van der Waals surface area contributed by atoms with Crippen molar-refractivity contribution in [3.63, 3.8) is 0 Å². The fourth-order valence-corrected chi connectivity index (χ4v) is 4.24. The topological polar surface area (TPSA) is 81.4 Å². The van der Waals surface area contributed by atoms with E-state index in [9.17, 15) is 4.79 Å². The highest BCUT2D eigenvalue weighted by atomic mass is 79.9. The van der Waals surface area contributed by atoms with Crippen LogP contribution in [0.1, 0.15) is 29.7 Å². The van der Waals surface area contributed by atoms with Crippen LogP contribution in [0.2, 0.25) is 0 Å². The van der Waals surface area contributed by atoms with Gasteiger partial charge in [-0.2, -0.15) is 10.1 Å². The molecule has 3 aromatic rings. The summed E-state index contributed by atoms with van der Waals surface area (Å²) in [6.07, 6.45) is 1.45. The van der Waals surface area contributed by atoms with Gasteiger partial charge >= 0.3 is 0 Å². The highest BCUT2D eigenvalue weighted by molar-refractivity contribution is 9.10. The van der Waals surface area contributed by atoms with E-state index in [1.54, 1.807) is 11.8 Å². The Kier molecular flexibility index (Phi) is 5.42. The summed E-state index contributed by atoms with van der Waals surface area (Å²) in [7, 11) is 1.61. The molecule has 2 unspecified atom stereocenters. The summed E-state index contributed by atoms with van der Waals surface area (Å²) in [4.78, 5) is 22.3. The Morgan fingerprint density at radius 3 is 2.70 bits per heavy atom. The lowest BCUT2D eigenvalue weighted by Crippen LogP contribution is -2.39. The number of hydrogen-bond donors (Lipinski definition) is 1. The van der Waals surface area contributed by atoms with E-state index in [-0.39, 0.29) is 5.91 Å². The van der Waals surface area contributed by atoms with E-state index in [4.69, 9.17) is 4.74 Å². The Morgan fingerprint density at radius 2 is 1.97 bits per heavy atom. The zero-order chi connectivity index (χ0) is 21.4. The van der Waals surface area contributed by atoms with Crippen molar-refractivity contribution < 1.29 is 9.53 Å². The summed E-state index contributed by atoms with van der Waals surface area (Å²) in [5.74, 6) is 0.401. The minimum absolute atomic E-state index is 0.156. The number of nitrogens with one attached hydrogen (secondary N) is 1. The molecule has 8 heteroatoms. The first-order valence-corrected chi connectivity index (χ1v) is 10.3. The second-order valence-corrected chi connectivity index (χ2v) is 8.29. The first-order chi connectivity index (χ1) is 14.4. The number of aliphatic imine (C=N–C) groups is 1. The van der Waals surface area contributed by atoms with Crippen LogP contribution in [-0.4, -0.2) is 33.5 Å². The Labute approximate surface area is 183 Å². The van der Waals surface area contributed by atoms with E-state index >= 15 is 0 Å². The molecule has 0 bridgehead atoms. The smallest absolute Gasteiger partial charge is 0.248 e. The number of halogens is 1. The molecule has 0 aliphatic carbocycles. The van der Waals surface area contributed by atoms with E-state index in [0.29, 0.717) is 17.4 Å². The van der Waals surface area contributed by atoms with Crippen LogP contribution in [0.25, 0.3) is 0 Å². The molecule has 0 saturated carbocycles. The number of rotatable bonds is 4. The van der Waals surface area contributed by atoms with Gasteiger partial charge in [0.15, 0.2) is 0 Å². The van der Waals surface area contributed by atoms with Gasteiger partial charge in [-0.05, 0) is 50.6 Å². The number of aromatic nitrogens is 3. The van der Waals surface area contributed by atoms with Gasteiger partial charge in [-0.3, -0.25) is 4.79 Å². The van der Waals surface area contributed by atoms with Crippen LogP contribution in [-0.2, 0) is 4.79 Å². The molecule has 30 heavy (non-hydrogen) atoms. The van der Waals surface area contributed by atoms with Gasteiger partial charge in [-0.1, -0.05) is 33.6 Å². The van der Waals surface area contributed by atoms with Crippen molar-refractivity contribution in [3.05, 3.63) is 63.9 Å². The van der Waals surface area contributed by atoms with Crippen molar-refractivity contribution in [2.75, 3.05) is 12.4 Å². The first-order valence-electron chi connectivity index (χ1n) is 9.55. The average Bonchev–Trinajstić information content (AvgIpc) is 3.16. The number of aryl methyl sites for hydroxylation is 2. The SMILES string of the molecule is COc1ccc(Br)cc1C1C(C(=O)Nc2ccc(C)cc2C)C(C)=Nc2ncnn21. The third kappa shape index (κ3) is 3.63. The molecular formula is C22H22BrN5O2. The second kappa shape index (κ2) is 8.02. The molecule has 1 aliphatic heterocycles. The van der Waals surface area contributed by atoms with Crippen molar-refractivity contribution in [2.45, 2.75) is 26.8 Å². The van der Waals surface area contributed by atoms with Crippen LogP contribution in [0.15, 0.2) is 52.2 Å². The number of benzene rings is 2. The minimum atomic E-state index is -0.580. The number of nitrogens with zero attached hydrogens (tertiary/aromatic N) is 4. The zero-order valence-electron chi connectivity index (χ0n) is 17.2. The Morgan fingerprint density at radius 1 is 1.17 bits per heavy atom. The lowest BCUT2D eigenvalue weighted by molar-refractivity contribution is -0.118. The monoisotopic (exact) mass is 467 g/mol. The number of carbonyl (C=O) groups is 1. The van der Waals surface area contributed by atoms with Crippen molar-refractivity contribution in [3.8, 4) is 5.75 Å². The normalized spacial score (nSPS) is 17.8. The van der Waals surface area contributed by atoms with Gasteiger partial charge in [0.05, 0.1) is 7.11 Å². The quantitative estimate of drug-likeness (QED) is 0.606. The van der Waals surface area contributed by atoms with Gasteiger partial charge in [-0.25, -0.2) is 9.67 Å². The third-order valence-electron chi connectivity index (χ3n) is 5.29. The van der Waals surface area contributed by atoms with Crippen molar-refractivity contribution >= 4 is 39.2 Å². The molecule has 1 aliphatic rings. The molecule has 0 spiro atoms. The molecule has 0 saturated heterocycles. The van der Waals surface area contributed by atoms with Crippen LogP contribution < -0.4 is 10.1 Å². The maximum absolute atomic E-state index is 13.5. The lowest BCUT2D eigenvalue weighted by atomic mass is 9.87. The maximum Gasteiger partial charge on any atom is 0.248 e. The predicted octanol–water partition coefficient (Wildman–Crippen LogP) is 4.62. The van der Waals surface area contributed by atoms with E-state index in [1.807, 2.05) is 57.2 Å². The standard InChI is InChI=1S/C22H22BrN5O2/c1-12-5-7-17(13(2)9-12)27-21(29)19-14(3)26-22-24-11-25-28(22)20(19)16-10-15(23)6-8-18(16)30-4/h5-11,19-20H,1-4H3,(H,27,29). The van der Waals surface area contributed by atoms with Gasteiger partial charge < -0.3 is 10.1 Å². The Bertz CT molecular complexity index is 1150. The summed E-state index contributed by atoms with van der Waals surface area (Å²) in [5, 5.41) is 7.45. The predicted molar refractivity (Wildman–Crippen MR) is 120 cm³/mol. The molecule has 2 atom stereocenters. The largest absolute Gasteiger partial charge is 0.496 e. The molecule has 0 radical (unpaired) electrons. The number of ether oxygens (including phenoxy) is 1. The molecule has 2 aromatic carbocycles. The van der Waals surface area contributed by atoms with Gasteiger partial charge in [0.1, 0.15) is 24.0 Å². The number of hydrogen-bond acceptors (Lipinski definition) is 5. The number of amides is 1. The van der Waals surface area contributed by atoms with E-state index in [0.717, 1.165) is 26.9 Å². The summed E-state index contributed by atoms with van der Waals surface area (Å²) in [5.41, 5.74) is 4.43. The average molecular weight is 468 g/mol. The highest BCUT2D eigenvalue weighted by Crippen LogP contribution is 2.40. The fraction of sp³-hybridized carbons (Fsp3) is 0.273. The lowest BCUT2D eigenvalue weighted by Gasteiger charge is -2.31. The van der Waals surface area contributed by atoms with Crippen LogP contribution in [0, 0.1) is 19.8 Å². The van der Waals surface area contributed by atoms with E-state index < -0.39 is 12.0 Å². The summed E-state index contributed by atoms with van der Waals surface area (Å²) in [6.45, 7) is 5.86. The zero-order valence-corrected chi connectivity index (χ0v) is 18.8. The van der Waals surface area contributed by atoms with Crippen LogP contribution >= 0.6 is 15.9 Å². The molecule has 154 valence electrons. The Balaban J connectivity index is 1.80. The summed E-state index contributed by atoms with van der Waals surface area (Å²) in [6, 6.07) is 11.2. The van der Waals surface area contributed by atoms with Crippen LogP contribution in [0.4, 0.5) is 11.6 Å². The molecule has 2 heterocycles.